The molecule has 2 aromatic heterocycles. The van der Waals surface area contributed by atoms with Gasteiger partial charge >= 0.3 is 0 Å². The number of hydrogen-bond acceptors (Lipinski definition) is 5. The number of nitrogens with one attached hydrogen (secondary N) is 1. The minimum absolute atomic E-state index is 0.0730. The molecule has 0 amide bonds. The Morgan fingerprint density at radius 2 is 2.13 bits per heavy atom. The van der Waals surface area contributed by atoms with Gasteiger partial charge in [-0.05, 0) is 38.0 Å². The summed E-state index contributed by atoms with van der Waals surface area (Å²) < 4.78 is 7.77. The molecule has 0 aliphatic rings. The highest BCUT2D eigenvalue weighted by molar-refractivity contribution is 5.44. The summed E-state index contributed by atoms with van der Waals surface area (Å²) >= 11 is 0. The van der Waals surface area contributed by atoms with Crippen molar-refractivity contribution in [1.29, 1.82) is 0 Å². The Hall–Kier alpha value is -2.63. The molecule has 1 atom stereocenters. The smallest absolute Gasteiger partial charge is 0.254 e. The van der Waals surface area contributed by atoms with Crippen LogP contribution in [0.4, 0.5) is 5.82 Å². The lowest BCUT2D eigenvalue weighted by atomic mass is 10.2. The van der Waals surface area contributed by atoms with E-state index in [1.54, 1.807) is 4.52 Å². The van der Waals surface area contributed by atoms with E-state index in [1.165, 1.54) is 11.9 Å². The molecule has 0 fully saturated rings. The van der Waals surface area contributed by atoms with Crippen LogP contribution in [0.2, 0.25) is 0 Å². The van der Waals surface area contributed by atoms with Crippen LogP contribution in [0.1, 0.15) is 24.6 Å². The van der Waals surface area contributed by atoms with Crippen LogP contribution in [0.25, 0.3) is 5.78 Å². The van der Waals surface area contributed by atoms with E-state index in [0.717, 1.165) is 23.7 Å². The second-order valence-electron chi connectivity index (χ2n) is 5.60. The predicted octanol–water partition coefficient (Wildman–Crippen LogP) is 3.01. The van der Waals surface area contributed by atoms with Crippen molar-refractivity contribution >= 4 is 11.6 Å². The Kier molecular flexibility index (Phi) is 4.41. The standard InChI is InChI=1S/C17H21N5O/c1-4-14(23-15-7-5-6-12(2)8-15)10-18-16-9-13(3)21-17-19-11-20-22(16)17/h5-9,11,14,18H,4,10H2,1-3H3. The van der Waals surface area contributed by atoms with Crippen LogP contribution in [-0.2, 0) is 0 Å². The van der Waals surface area contributed by atoms with Crippen molar-refractivity contribution in [3.05, 3.63) is 47.9 Å². The van der Waals surface area contributed by atoms with Crippen molar-refractivity contribution in [3.63, 3.8) is 0 Å². The molecule has 2 heterocycles. The number of hydrogen-bond donors (Lipinski definition) is 1. The van der Waals surface area contributed by atoms with Crippen LogP contribution in [0.15, 0.2) is 36.7 Å². The first-order valence-electron chi connectivity index (χ1n) is 7.80. The average molecular weight is 311 g/mol. The molecular formula is C17H21N5O. The van der Waals surface area contributed by atoms with Crippen LogP contribution in [-0.4, -0.2) is 32.2 Å². The Morgan fingerprint density at radius 3 is 2.91 bits per heavy atom. The fourth-order valence-corrected chi connectivity index (χ4v) is 2.43. The normalized spacial score (nSPS) is 12.3. The van der Waals surface area contributed by atoms with Gasteiger partial charge in [-0.2, -0.15) is 14.6 Å². The summed E-state index contributed by atoms with van der Waals surface area (Å²) in [7, 11) is 0. The third-order valence-corrected chi connectivity index (χ3v) is 3.64. The van der Waals surface area contributed by atoms with E-state index in [2.05, 4.69) is 46.4 Å². The van der Waals surface area contributed by atoms with Crippen molar-refractivity contribution < 1.29 is 4.74 Å². The van der Waals surface area contributed by atoms with Gasteiger partial charge in [-0.25, -0.2) is 4.98 Å². The van der Waals surface area contributed by atoms with Gasteiger partial charge in [0.1, 0.15) is 24.0 Å². The highest BCUT2D eigenvalue weighted by Crippen LogP contribution is 2.16. The number of anilines is 1. The largest absolute Gasteiger partial charge is 0.489 e. The number of benzene rings is 1. The molecule has 0 spiro atoms. The van der Waals surface area contributed by atoms with Gasteiger partial charge in [-0.15, -0.1) is 0 Å². The highest BCUT2D eigenvalue weighted by Gasteiger charge is 2.11. The van der Waals surface area contributed by atoms with E-state index in [0.29, 0.717) is 12.3 Å². The van der Waals surface area contributed by atoms with Gasteiger partial charge in [0.25, 0.3) is 5.78 Å². The number of fused-ring (bicyclic) bond motifs is 1. The van der Waals surface area contributed by atoms with E-state index >= 15 is 0 Å². The monoisotopic (exact) mass is 311 g/mol. The minimum atomic E-state index is 0.0730. The Balaban J connectivity index is 1.71. The third-order valence-electron chi connectivity index (χ3n) is 3.64. The van der Waals surface area contributed by atoms with Crippen molar-refractivity contribution in [2.45, 2.75) is 33.3 Å². The molecule has 3 aromatic rings. The molecule has 3 rings (SSSR count). The summed E-state index contributed by atoms with van der Waals surface area (Å²) in [4.78, 5) is 8.47. The lowest BCUT2D eigenvalue weighted by Gasteiger charge is -2.19. The Bertz CT molecular complexity index is 799. The first kappa shape index (κ1) is 15.3. The summed E-state index contributed by atoms with van der Waals surface area (Å²) in [5.74, 6) is 2.37. The lowest BCUT2D eigenvalue weighted by molar-refractivity contribution is 0.209. The first-order chi connectivity index (χ1) is 11.2. The fraction of sp³-hybridized carbons (Fsp3) is 0.353. The maximum Gasteiger partial charge on any atom is 0.254 e. The van der Waals surface area contributed by atoms with Crippen molar-refractivity contribution in [3.8, 4) is 5.75 Å². The van der Waals surface area contributed by atoms with Crippen LogP contribution in [0, 0.1) is 13.8 Å². The number of nitrogens with zero attached hydrogens (tertiary/aromatic N) is 4. The van der Waals surface area contributed by atoms with Gasteiger partial charge in [-0.3, -0.25) is 0 Å². The molecule has 6 heteroatoms. The van der Waals surface area contributed by atoms with Crippen LogP contribution >= 0.6 is 0 Å². The summed E-state index contributed by atoms with van der Waals surface area (Å²) in [6.07, 6.45) is 2.49. The average Bonchev–Trinajstić information content (AvgIpc) is 2.99. The number of ether oxygens (including phenoxy) is 1. The molecule has 0 aliphatic heterocycles. The van der Waals surface area contributed by atoms with Gasteiger partial charge in [0.05, 0.1) is 6.54 Å². The van der Waals surface area contributed by atoms with E-state index in [9.17, 15) is 0 Å². The molecule has 0 bridgehead atoms. The molecule has 23 heavy (non-hydrogen) atoms. The molecular weight excluding hydrogens is 290 g/mol. The van der Waals surface area contributed by atoms with Crippen LogP contribution in [0.5, 0.6) is 5.75 Å². The summed E-state index contributed by atoms with van der Waals surface area (Å²) in [5.41, 5.74) is 2.10. The van der Waals surface area contributed by atoms with Crippen molar-refractivity contribution in [2.75, 3.05) is 11.9 Å². The van der Waals surface area contributed by atoms with Gasteiger partial charge in [0.15, 0.2) is 0 Å². The number of aryl methyl sites for hydroxylation is 2. The molecule has 0 radical (unpaired) electrons. The fourth-order valence-electron chi connectivity index (χ4n) is 2.43. The maximum absolute atomic E-state index is 6.07. The van der Waals surface area contributed by atoms with Gasteiger partial charge in [0, 0.05) is 11.8 Å². The van der Waals surface area contributed by atoms with E-state index in [-0.39, 0.29) is 6.10 Å². The second kappa shape index (κ2) is 6.64. The quantitative estimate of drug-likeness (QED) is 0.758. The molecule has 120 valence electrons. The second-order valence-corrected chi connectivity index (χ2v) is 5.60. The number of aromatic nitrogens is 4. The summed E-state index contributed by atoms with van der Waals surface area (Å²) in [6, 6.07) is 10.1. The first-order valence-corrected chi connectivity index (χ1v) is 7.80. The van der Waals surface area contributed by atoms with Crippen molar-refractivity contribution in [2.24, 2.45) is 0 Å². The minimum Gasteiger partial charge on any atom is -0.489 e. The van der Waals surface area contributed by atoms with E-state index in [1.807, 2.05) is 25.1 Å². The molecule has 6 nitrogen and oxygen atoms in total. The van der Waals surface area contributed by atoms with E-state index < -0.39 is 0 Å². The van der Waals surface area contributed by atoms with Crippen LogP contribution in [0.3, 0.4) is 0 Å². The van der Waals surface area contributed by atoms with Gasteiger partial charge < -0.3 is 10.1 Å². The zero-order valence-corrected chi connectivity index (χ0v) is 13.7. The molecule has 1 unspecified atom stereocenters. The van der Waals surface area contributed by atoms with E-state index in [4.69, 9.17) is 4.74 Å². The third kappa shape index (κ3) is 3.59. The zero-order valence-electron chi connectivity index (χ0n) is 13.7. The Morgan fingerprint density at radius 1 is 1.26 bits per heavy atom. The summed E-state index contributed by atoms with van der Waals surface area (Å²) in [5, 5.41) is 7.59. The topological polar surface area (TPSA) is 64.3 Å². The predicted molar refractivity (Wildman–Crippen MR) is 89.9 cm³/mol. The molecule has 1 N–H and O–H groups in total. The molecule has 0 saturated heterocycles. The zero-order chi connectivity index (χ0) is 16.2. The van der Waals surface area contributed by atoms with Crippen LogP contribution < -0.4 is 10.1 Å². The SMILES string of the molecule is CCC(CNc1cc(C)nc2ncnn12)Oc1cccc(C)c1. The molecule has 0 aliphatic carbocycles. The molecule has 1 aromatic carbocycles. The van der Waals surface area contributed by atoms with Gasteiger partial charge in [0.2, 0.25) is 0 Å². The highest BCUT2D eigenvalue weighted by atomic mass is 16.5. The lowest BCUT2D eigenvalue weighted by Crippen LogP contribution is -2.26. The number of rotatable bonds is 6. The Labute approximate surface area is 135 Å². The molecule has 0 saturated carbocycles. The maximum atomic E-state index is 6.07. The summed E-state index contributed by atoms with van der Waals surface area (Å²) in [6.45, 7) is 6.81. The van der Waals surface area contributed by atoms with Gasteiger partial charge in [-0.1, -0.05) is 19.1 Å². The van der Waals surface area contributed by atoms with Crippen molar-refractivity contribution in [1.82, 2.24) is 19.6 Å².